The Morgan fingerprint density at radius 3 is 2.61 bits per heavy atom. The number of amides is 1. The van der Waals surface area contributed by atoms with Crippen LogP contribution in [0.5, 0.6) is 11.5 Å². The van der Waals surface area contributed by atoms with Gasteiger partial charge < -0.3 is 14.8 Å². The Morgan fingerprint density at radius 1 is 1.18 bits per heavy atom. The summed E-state index contributed by atoms with van der Waals surface area (Å²) in [6.07, 6.45) is 1.18. The number of rotatable bonds is 6. The molecule has 0 aliphatic heterocycles. The quantitative estimate of drug-likeness (QED) is 0.508. The Bertz CT molecular complexity index is 1120. The predicted molar refractivity (Wildman–Crippen MR) is 101 cm³/mol. The molecule has 10 nitrogen and oxygen atoms in total. The highest BCUT2D eigenvalue weighted by Gasteiger charge is 2.13. The predicted octanol–water partition coefficient (Wildman–Crippen LogP) is 1.96. The van der Waals surface area contributed by atoms with E-state index < -0.39 is 16.4 Å². The molecule has 10 heteroatoms. The fourth-order valence-electron chi connectivity index (χ4n) is 2.64. The van der Waals surface area contributed by atoms with E-state index in [0.717, 1.165) is 4.57 Å². The number of carbonyl (C=O) groups excluding carboxylic acids is 1. The van der Waals surface area contributed by atoms with Crippen molar-refractivity contribution in [3.8, 4) is 11.5 Å². The summed E-state index contributed by atoms with van der Waals surface area (Å²) < 4.78 is 11.4. The number of nitrogens with one attached hydrogen (secondary N) is 1. The van der Waals surface area contributed by atoms with Gasteiger partial charge in [0.25, 0.3) is 11.2 Å². The molecule has 1 heterocycles. The van der Waals surface area contributed by atoms with E-state index in [-0.39, 0.29) is 23.1 Å². The maximum atomic E-state index is 12.5. The van der Waals surface area contributed by atoms with Crippen molar-refractivity contribution in [1.29, 1.82) is 0 Å². The van der Waals surface area contributed by atoms with Crippen molar-refractivity contribution in [1.82, 2.24) is 9.55 Å². The van der Waals surface area contributed by atoms with Crippen molar-refractivity contribution in [3.05, 3.63) is 63.2 Å². The molecule has 0 saturated heterocycles. The molecule has 3 rings (SSSR count). The summed E-state index contributed by atoms with van der Waals surface area (Å²) in [7, 11) is 2.98. The zero-order valence-electron chi connectivity index (χ0n) is 15.0. The van der Waals surface area contributed by atoms with Crippen LogP contribution >= 0.6 is 0 Å². The molecule has 0 unspecified atom stereocenters. The van der Waals surface area contributed by atoms with Crippen LogP contribution in [0.15, 0.2) is 47.5 Å². The topological polar surface area (TPSA) is 126 Å². The SMILES string of the molecule is COc1ccc(NC(=O)Cn2cnc3cc([N+](=O)[O-])ccc3c2=O)cc1OC. The van der Waals surface area contributed by atoms with Crippen LogP contribution in [-0.4, -0.2) is 34.6 Å². The Kier molecular flexibility index (Phi) is 5.21. The number of anilines is 1. The lowest BCUT2D eigenvalue weighted by atomic mass is 10.2. The van der Waals surface area contributed by atoms with Crippen molar-refractivity contribution in [2.45, 2.75) is 6.54 Å². The molecule has 1 N–H and O–H groups in total. The van der Waals surface area contributed by atoms with Crippen molar-refractivity contribution >= 4 is 28.2 Å². The van der Waals surface area contributed by atoms with Crippen LogP contribution in [0.4, 0.5) is 11.4 Å². The maximum absolute atomic E-state index is 12.5. The van der Waals surface area contributed by atoms with Gasteiger partial charge in [-0.05, 0) is 18.2 Å². The van der Waals surface area contributed by atoms with E-state index >= 15 is 0 Å². The van der Waals surface area contributed by atoms with Crippen LogP contribution in [0, 0.1) is 10.1 Å². The van der Waals surface area contributed by atoms with Gasteiger partial charge in [0.2, 0.25) is 5.91 Å². The zero-order chi connectivity index (χ0) is 20.3. The van der Waals surface area contributed by atoms with E-state index in [4.69, 9.17) is 9.47 Å². The molecule has 0 spiro atoms. The number of nitrogens with zero attached hydrogens (tertiary/aromatic N) is 3. The molecule has 2 aromatic carbocycles. The van der Waals surface area contributed by atoms with Crippen molar-refractivity contribution < 1.29 is 19.2 Å². The summed E-state index contributed by atoms with van der Waals surface area (Å²) in [5.41, 5.74) is 0.0292. The molecular weight excluding hydrogens is 368 g/mol. The molecule has 3 aromatic rings. The number of carbonyl (C=O) groups is 1. The van der Waals surface area contributed by atoms with E-state index in [1.165, 1.54) is 38.7 Å². The molecule has 0 bridgehead atoms. The summed E-state index contributed by atoms with van der Waals surface area (Å²) in [6.45, 7) is -0.271. The van der Waals surface area contributed by atoms with Crippen LogP contribution in [0.3, 0.4) is 0 Å². The highest BCUT2D eigenvalue weighted by molar-refractivity contribution is 5.91. The molecule has 144 valence electrons. The van der Waals surface area contributed by atoms with Gasteiger partial charge in [0.05, 0.1) is 36.4 Å². The van der Waals surface area contributed by atoms with Gasteiger partial charge in [-0.3, -0.25) is 24.3 Å². The van der Waals surface area contributed by atoms with Crippen molar-refractivity contribution in [3.63, 3.8) is 0 Å². The first-order chi connectivity index (χ1) is 13.4. The third-order valence-corrected chi connectivity index (χ3v) is 4.00. The number of hydrogen-bond donors (Lipinski definition) is 1. The standard InChI is InChI=1S/C18H16N4O6/c1-27-15-6-3-11(7-16(15)28-2)20-17(23)9-21-10-19-14-8-12(22(25)26)4-5-13(14)18(21)24/h3-8,10H,9H2,1-2H3,(H,20,23). The summed E-state index contributed by atoms with van der Waals surface area (Å²) in [5, 5.41) is 13.7. The Morgan fingerprint density at radius 2 is 1.93 bits per heavy atom. The molecule has 0 aliphatic carbocycles. The second-order valence-electron chi connectivity index (χ2n) is 5.75. The maximum Gasteiger partial charge on any atom is 0.271 e. The van der Waals surface area contributed by atoms with Crippen LogP contribution < -0.4 is 20.3 Å². The average Bonchev–Trinajstić information content (AvgIpc) is 2.69. The minimum atomic E-state index is -0.566. The molecule has 0 saturated carbocycles. The molecule has 0 aliphatic rings. The Balaban J connectivity index is 1.81. The van der Waals surface area contributed by atoms with Crippen molar-refractivity contribution in [2.24, 2.45) is 0 Å². The van der Waals surface area contributed by atoms with Gasteiger partial charge in [-0.2, -0.15) is 0 Å². The first-order valence-corrected chi connectivity index (χ1v) is 8.08. The largest absolute Gasteiger partial charge is 0.493 e. The first kappa shape index (κ1) is 18.8. The lowest BCUT2D eigenvalue weighted by Crippen LogP contribution is -2.27. The molecule has 1 amide bonds. The van der Waals surface area contributed by atoms with E-state index in [1.807, 2.05) is 0 Å². The fraction of sp³-hybridized carbons (Fsp3) is 0.167. The molecule has 0 fully saturated rings. The molecule has 1 aromatic heterocycles. The molecule has 0 radical (unpaired) electrons. The number of hydrogen-bond acceptors (Lipinski definition) is 7. The normalized spacial score (nSPS) is 10.5. The van der Waals surface area contributed by atoms with Crippen LogP contribution in [0.1, 0.15) is 0 Å². The number of ether oxygens (including phenoxy) is 2. The van der Waals surface area contributed by atoms with Gasteiger partial charge in [0.1, 0.15) is 6.54 Å². The average molecular weight is 384 g/mol. The van der Waals surface area contributed by atoms with Gasteiger partial charge in [-0.25, -0.2) is 4.98 Å². The summed E-state index contributed by atoms with van der Waals surface area (Å²) in [4.78, 5) is 39.1. The van der Waals surface area contributed by atoms with E-state index in [2.05, 4.69) is 10.3 Å². The first-order valence-electron chi connectivity index (χ1n) is 8.08. The summed E-state index contributed by atoms with van der Waals surface area (Å²) >= 11 is 0. The Labute approximate surface area is 158 Å². The van der Waals surface area contributed by atoms with Crippen LogP contribution in [-0.2, 0) is 11.3 Å². The Hall–Kier alpha value is -3.95. The van der Waals surface area contributed by atoms with Gasteiger partial charge >= 0.3 is 0 Å². The summed E-state index contributed by atoms with van der Waals surface area (Å²) in [6, 6.07) is 8.64. The third kappa shape index (κ3) is 3.75. The summed E-state index contributed by atoms with van der Waals surface area (Å²) in [5.74, 6) is 0.522. The van der Waals surface area contributed by atoms with E-state index in [1.54, 1.807) is 18.2 Å². The molecular formula is C18H16N4O6. The highest BCUT2D eigenvalue weighted by atomic mass is 16.6. The third-order valence-electron chi connectivity index (χ3n) is 4.00. The van der Waals surface area contributed by atoms with E-state index in [9.17, 15) is 19.7 Å². The van der Waals surface area contributed by atoms with Crippen molar-refractivity contribution in [2.75, 3.05) is 19.5 Å². The van der Waals surface area contributed by atoms with Gasteiger partial charge in [0.15, 0.2) is 11.5 Å². The fourth-order valence-corrected chi connectivity index (χ4v) is 2.64. The van der Waals surface area contributed by atoms with Crippen LogP contribution in [0.2, 0.25) is 0 Å². The number of fused-ring (bicyclic) bond motifs is 1. The number of nitro benzene ring substituents is 1. The lowest BCUT2D eigenvalue weighted by Gasteiger charge is -2.11. The van der Waals surface area contributed by atoms with Crippen LogP contribution in [0.25, 0.3) is 10.9 Å². The number of non-ortho nitro benzene ring substituents is 1. The lowest BCUT2D eigenvalue weighted by molar-refractivity contribution is -0.384. The number of methoxy groups -OCH3 is 2. The van der Waals surface area contributed by atoms with Gasteiger partial charge in [-0.1, -0.05) is 0 Å². The second-order valence-corrected chi connectivity index (χ2v) is 5.75. The second kappa shape index (κ2) is 7.74. The molecule has 28 heavy (non-hydrogen) atoms. The monoisotopic (exact) mass is 384 g/mol. The number of benzene rings is 2. The van der Waals surface area contributed by atoms with Gasteiger partial charge in [-0.15, -0.1) is 0 Å². The van der Waals surface area contributed by atoms with Gasteiger partial charge in [0, 0.05) is 23.9 Å². The van der Waals surface area contributed by atoms with E-state index in [0.29, 0.717) is 17.2 Å². The number of nitro groups is 1. The minimum absolute atomic E-state index is 0.164. The number of aromatic nitrogens is 2. The zero-order valence-corrected chi connectivity index (χ0v) is 15.0. The minimum Gasteiger partial charge on any atom is -0.493 e. The smallest absolute Gasteiger partial charge is 0.271 e. The highest BCUT2D eigenvalue weighted by Crippen LogP contribution is 2.29. The molecule has 0 atom stereocenters.